The van der Waals surface area contributed by atoms with Crippen molar-refractivity contribution < 1.29 is 28.4 Å². The van der Waals surface area contributed by atoms with Crippen LogP contribution >= 0.6 is 23.2 Å². The summed E-state index contributed by atoms with van der Waals surface area (Å²) >= 11 is 11.6. The molecule has 262 valence electrons. The average molecular weight is 725 g/mol. The Hall–Kier alpha value is -4.48. The van der Waals surface area contributed by atoms with Crippen molar-refractivity contribution in [1.82, 2.24) is 9.13 Å². The van der Waals surface area contributed by atoms with E-state index >= 15 is 0 Å². The van der Waals surface area contributed by atoms with E-state index in [1.54, 1.807) is 0 Å². The van der Waals surface area contributed by atoms with Gasteiger partial charge in [0.1, 0.15) is 23.0 Å². The van der Waals surface area contributed by atoms with E-state index in [1.165, 1.54) is 36.4 Å². The van der Waals surface area contributed by atoms with Gasteiger partial charge in [0.25, 0.3) is 11.8 Å². The van der Waals surface area contributed by atoms with E-state index in [2.05, 4.69) is 15.8 Å². The molecule has 13 heteroatoms. The summed E-state index contributed by atoms with van der Waals surface area (Å²) in [6.07, 6.45) is 6.65. The summed E-state index contributed by atoms with van der Waals surface area (Å²) in [4.78, 5) is 37.9. The maximum absolute atomic E-state index is 13.3. The molecule has 2 aromatic carbocycles. The number of rotatable bonds is 6. The first-order valence-corrected chi connectivity index (χ1v) is 16.9. The second-order valence-electron chi connectivity index (χ2n) is 13.0. The predicted octanol–water partition coefficient (Wildman–Crippen LogP) is 8.78. The predicted molar refractivity (Wildman–Crippen MR) is 190 cm³/mol. The number of halogens is 4. The van der Waals surface area contributed by atoms with Gasteiger partial charge in [-0.25, -0.2) is 8.78 Å². The molecular weight excluding hydrogens is 687 g/mol. The number of carbonyl (C=O) groups excluding carboxylic acids is 3. The molecule has 4 aliphatic rings. The van der Waals surface area contributed by atoms with Crippen LogP contribution in [0, 0.1) is 11.6 Å². The molecule has 4 aliphatic carbocycles. The summed E-state index contributed by atoms with van der Waals surface area (Å²) in [7, 11) is 3.71. The van der Waals surface area contributed by atoms with Crippen LogP contribution in [0.1, 0.15) is 117 Å². The van der Waals surface area contributed by atoms with Gasteiger partial charge in [-0.15, -0.1) is 0 Å². The molecule has 2 amide bonds. The zero-order chi connectivity index (χ0) is 34.7. The van der Waals surface area contributed by atoms with Crippen LogP contribution in [0.3, 0.4) is 0 Å². The Balaban J connectivity index is 0.000000170. The molecule has 3 N–H and O–H groups in total. The Morgan fingerprint density at radius 1 is 0.760 bits per heavy atom. The minimum atomic E-state index is -0.531. The minimum Gasteiger partial charge on any atom is -0.411 e. The lowest BCUT2D eigenvalue weighted by Gasteiger charge is -2.11. The van der Waals surface area contributed by atoms with E-state index in [9.17, 15) is 28.4 Å². The first-order chi connectivity index (χ1) is 23.5. The highest BCUT2D eigenvalue weighted by Crippen LogP contribution is 2.47. The maximum atomic E-state index is 13.3. The van der Waals surface area contributed by atoms with Crippen molar-refractivity contribution in [2.75, 3.05) is 10.6 Å². The van der Waals surface area contributed by atoms with Gasteiger partial charge in [-0.2, -0.15) is 0 Å². The van der Waals surface area contributed by atoms with Crippen molar-refractivity contribution in [2.45, 2.75) is 70.6 Å². The molecule has 0 saturated heterocycles. The third-order valence-corrected chi connectivity index (χ3v) is 10.3. The molecule has 2 saturated carbocycles. The quantitative estimate of drug-likeness (QED) is 0.136. The van der Waals surface area contributed by atoms with Gasteiger partial charge in [-0.05, 0) is 104 Å². The van der Waals surface area contributed by atoms with Crippen molar-refractivity contribution in [1.29, 1.82) is 0 Å². The molecule has 0 atom stereocenters. The Labute approximate surface area is 298 Å². The average Bonchev–Trinajstić information content (AvgIpc) is 3.96. The van der Waals surface area contributed by atoms with Crippen LogP contribution in [-0.2, 0) is 26.9 Å². The molecular formula is C37H37Cl2F2N5O4. The van der Waals surface area contributed by atoms with Crippen LogP contribution in [0.15, 0.2) is 41.6 Å². The number of carbonyl (C=O) groups is 3. The summed E-state index contributed by atoms with van der Waals surface area (Å²) < 4.78 is 30.3. The van der Waals surface area contributed by atoms with Crippen molar-refractivity contribution in [3.63, 3.8) is 0 Å². The molecule has 0 radical (unpaired) electrons. The number of nitrogens with one attached hydrogen (secondary N) is 2. The Morgan fingerprint density at radius 3 is 1.64 bits per heavy atom. The first-order valence-electron chi connectivity index (χ1n) is 16.2. The molecule has 0 spiro atoms. The second kappa shape index (κ2) is 13.7. The summed E-state index contributed by atoms with van der Waals surface area (Å²) in [6, 6.07) is 8.15. The molecule has 2 heterocycles. The molecule has 50 heavy (non-hydrogen) atoms. The van der Waals surface area contributed by atoms with E-state index in [0.29, 0.717) is 66.0 Å². The summed E-state index contributed by atoms with van der Waals surface area (Å²) in [6.45, 7) is 0. The largest absolute Gasteiger partial charge is 0.411 e. The zero-order valence-corrected chi connectivity index (χ0v) is 28.3. The third kappa shape index (κ3) is 6.33. The lowest BCUT2D eigenvalue weighted by Crippen LogP contribution is -2.18. The molecule has 2 fully saturated rings. The highest BCUT2D eigenvalue weighted by molar-refractivity contribution is 6.31. The van der Waals surface area contributed by atoms with Crippen molar-refractivity contribution in [3.05, 3.63) is 103 Å². The topological polar surface area (TPSA) is 118 Å². The molecule has 8 rings (SSSR count). The van der Waals surface area contributed by atoms with Gasteiger partial charge in [0, 0.05) is 54.4 Å². The third-order valence-electron chi connectivity index (χ3n) is 9.70. The molecule has 0 bridgehead atoms. The van der Waals surface area contributed by atoms with Crippen LogP contribution in [-0.4, -0.2) is 37.7 Å². The normalized spacial score (nSPS) is 16.8. The van der Waals surface area contributed by atoms with Crippen molar-refractivity contribution in [2.24, 2.45) is 19.3 Å². The van der Waals surface area contributed by atoms with Gasteiger partial charge >= 0.3 is 0 Å². The number of hydrogen-bond donors (Lipinski definition) is 3. The van der Waals surface area contributed by atoms with Gasteiger partial charge in [-0.3, -0.25) is 14.4 Å². The zero-order valence-electron chi connectivity index (χ0n) is 26.8. The van der Waals surface area contributed by atoms with Gasteiger partial charge in [0.05, 0.1) is 15.8 Å². The number of oxime groups is 1. The molecule has 2 aromatic heterocycles. The van der Waals surface area contributed by atoms with Gasteiger partial charge in [-0.1, -0.05) is 35.8 Å². The van der Waals surface area contributed by atoms with Crippen molar-refractivity contribution in [3.8, 4) is 0 Å². The summed E-state index contributed by atoms with van der Waals surface area (Å²) in [5.74, 6) is -0.699. The molecule has 4 aromatic rings. The molecule has 0 unspecified atom stereocenters. The monoisotopic (exact) mass is 723 g/mol. The van der Waals surface area contributed by atoms with Crippen molar-refractivity contribution >= 4 is 57.9 Å². The number of benzene rings is 2. The van der Waals surface area contributed by atoms with Crippen LogP contribution in [0.2, 0.25) is 10.0 Å². The number of ketones is 1. The van der Waals surface area contributed by atoms with Gasteiger partial charge in [0.15, 0.2) is 5.78 Å². The van der Waals surface area contributed by atoms with E-state index in [-0.39, 0.29) is 35.1 Å². The highest BCUT2D eigenvalue weighted by atomic mass is 35.5. The molecule has 9 nitrogen and oxygen atoms in total. The lowest BCUT2D eigenvalue weighted by molar-refractivity contribution is 0.0987. The fourth-order valence-corrected chi connectivity index (χ4v) is 7.62. The van der Waals surface area contributed by atoms with Crippen LogP contribution in [0.5, 0.6) is 0 Å². The second-order valence-corrected chi connectivity index (χ2v) is 13.8. The number of amides is 2. The van der Waals surface area contributed by atoms with Gasteiger partial charge < -0.3 is 25.0 Å². The summed E-state index contributed by atoms with van der Waals surface area (Å²) in [5, 5.41) is 18.2. The standard InChI is InChI=1S/C18H17ClFN3O2.C18H16ClFN2O2.CH4/c1-23-16(9-2-3-9)15-11(5-7-14(15)22-25)17(23)18(24)21-10-4-6-13(20)12(19)8-10;1-22-16(9-2-3-9)15-11(5-7-14(15)23)17(22)18(24)21-10-4-6-13(20)12(19)8-10;/h4,6,8-9,25H,2-3,5,7H2,1H3,(H,21,24);4,6,8-9H,2-3,5,7H2,1H3,(H,21,24);1H4. The van der Waals surface area contributed by atoms with E-state index in [4.69, 9.17) is 23.2 Å². The number of Topliss-reactive ketones (excluding diaryl/α,β-unsaturated/α-hetero) is 1. The number of aromatic nitrogens is 2. The van der Waals surface area contributed by atoms with Crippen LogP contribution < -0.4 is 10.6 Å². The maximum Gasteiger partial charge on any atom is 0.272 e. The fourth-order valence-electron chi connectivity index (χ4n) is 7.26. The number of nitrogens with zero attached hydrogens (tertiary/aromatic N) is 3. The highest BCUT2D eigenvalue weighted by Gasteiger charge is 2.40. The number of anilines is 2. The Kier molecular flexibility index (Phi) is 9.67. The Bertz CT molecular complexity index is 2100. The van der Waals surface area contributed by atoms with Crippen LogP contribution in [0.25, 0.3) is 0 Å². The first kappa shape index (κ1) is 35.3. The number of fused-ring (bicyclic) bond motifs is 2. The van der Waals surface area contributed by atoms with E-state index in [1.807, 2.05) is 23.2 Å². The smallest absolute Gasteiger partial charge is 0.272 e. The lowest BCUT2D eigenvalue weighted by atomic mass is 10.1. The SMILES string of the molecule is C.Cn1c(C(=O)Nc2ccc(F)c(Cl)c2)c2c(c1C1CC1)C(=NO)CC2.Cn1c(C(=O)Nc2ccc(F)c(Cl)c2)c2c(c1C1CC1)C(=O)CC2. The van der Waals surface area contributed by atoms with Crippen LogP contribution in [0.4, 0.5) is 20.2 Å². The Morgan fingerprint density at radius 2 is 1.20 bits per heavy atom. The van der Waals surface area contributed by atoms with Gasteiger partial charge in [0.2, 0.25) is 0 Å². The molecule has 0 aliphatic heterocycles. The minimum absolute atomic E-state index is 0. The fraction of sp³-hybridized carbons (Fsp3) is 0.351. The van der Waals surface area contributed by atoms with E-state index in [0.717, 1.165) is 59.3 Å². The number of hydrogen-bond acceptors (Lipinski definition) is 5. The van der Waals surface area contributed by atoms with E-state index < -0.39 is 11.6 Å². The summed E-state index contributed by atoms with van der Waals surface area (Å²) in [5.41, 5.74) is 8.12.